The minimum absolute atomic E-state index is 0.644. The maximum Gasteiger partial charge on any atom is 0.164 e. The van der Waals surface area contributed by atoms with Crippen molar-refractivity contribution in [3.8, 4) is 56.5 Å². The van der Waals surface area contributed by atoms with Gasteiger partial charge in [-0.25, -0.2) is 19.9 Å². The summed E-state index contributed by atoms with van der Waals surface area (Å²) in [7, 11) is 0. The largest absolute Gasteiger partial charge is 0.247 e. The van der Waals surface area contributed by atoms with Crippen LogP contribution < -0.4 is 0 Å². The smallest absolute Gasteiger partial charge is 0.164 e. The van der Waals surface area contributed by atoms with Gasteiger partial charge in [-0.15, -0.1) is 11.3 Å². The Labute approximate surface area is 298 Å². The first-order valence-electron chi connectivity index (χ1n) is 17.0. The molecule has 7 aromatic carbocycles. The Morgan fingerprint density at radius 2 is 0.882 bits per heavy atom. The molecule has 0 radical (unpaired) electrons. The van der Waals surface area contributed by atoms with Crippen LogP contribution in [0.25, 0.3) is 98.4 Å². The number of para-hydroxylation sites is 1. The topological polar surface area (TPSA) is 51.6 Å². The molecule has 10 aromatic rings. The second kappa shape index (κ2) is 12.1. The minimum Gasteiger partial charge on any atom is -0.247 e. The highest BCUT2D eigenvalue weighted by atomic mass is 32.1. The monoisotopic (exact) mass is 668 g/mol. The standard InChI is InChI=1S/C46H28N4S/c1-4-13-29(14-5-1)30-23-25-33(26-24-30)45-48-44(32-17-8-3-9-18-32)49-46(50-45)37-20-12-22-39-40(37)36-28-27-35-41(43(36)51-39)34-19-10-11-21-38(34)47-42(35)31-15-6-2-7-16-31/h1-28H. The number of hydrogen-bond donors (Lipinski definition) is 0. The lowest BCUT2D eigenvalue weighted by Crippen LogP contribution is -2.00. The quantitative estimate of drug-likeness (QED) is 0.171. The van der Waals surface area contributed by atoms with Crippen molar-refractivity contribution in [2.75, 3.05) is 0 Å². The van der Waals surface area contributed by atoms with Gasteiger partial charge < -0.3 is 0 Å². The van der Waals surface area contributed by atoms with Gasteiger partial charge in [-0.1, -0.05) is 158 Å². The number of aromatic nitrogens is 4. The predicted molar refractivity (Wildman–Crippen MR) is 213 cm³/mol. The van der Waals surface area contributed by atoms with Crippen molar-refractivity contribution in [3.63, 3.8) is 0 Å². The lowest BCUT2D eigenvalue weighted by molar-refractivity contribution is 1.08. The van der Waals surface area contributed by atoms with Crippen molar-refractivity contribution < 1.29 is 0 Å². The molecule has 3 aromatic heterocycles. The fourth-order valence-corrected chi connectivity index (χ4v) is 8.39. The van der Waals surface area contributed by atoms with Gasteiger partial charge in [-0.05, 0) is 23.3 Å². The summed E-state index contributed by atoms with van der Waals surface area (Å²) in [5.41, 5.74) is 8.29. The molecule has 0 aliphatic carbocycles. The van der Waals surface area contributed by atoms with E-state index in [1.54, 1.807) is 0 Å². The van der Waals surface area contributed by atoms with Gasteiger partial charge in [-0.2, -0.15) is 0 Å². The van der Waals surface area contributed by atoms with Crippen molar-refractivity contribution in [1.29, 1.82) is 0 Å². The molecular formula is C46H28N4S. The highest BCUT2D eigenvalue weighted by molar-refractivity contribution is 7.27. The summed E-state index contributed by atoms with van der Waals surface area (Å²) >= 11 is 1.82. The number of thiophene rings is 1. The third-order valence-electron chi connectivity index (χ3n) is 9.53. The Morgan fingerprint density at radius 3 is 1.61 bits per heavy atom. The van der Waals surface area contributed by atoms with Crippen LogP contribution in [0.5, 0.6) is 0 Å². The van der Waals surface area contributed by atoms with Crippen LogP contribution >= 0.6 is 11.3 Å². The van der Waals surface area contributed by atoms with E-state index in [9.17, 15) is 0 Å². The van der Waals surface area contributed by atoms with Crippen LogP contribution in [0, 0.1) is 0 Å². The fraction of sp³-hybridized carbons (Fsp3) is 0. The van der Waals surface area contributed by atoms with E-state index in [-0.39, 0.29) is 0 Å². The molecule has 0 bridgehead atoms. The van der Waals surface area contributed by atoms with Crippen molar-refractivity contribution in [3.05, 3.63) is 170 Å². The molecule has 0 amide bonds. The van der Waals surface area contributed by atoms with Gasteiger partial charge in [0.15, 0.2) is 17.5 Å². The SMILES string of the molecule is c1ccc(-c2ccc(-c3nc(-c4ccccc4)nc(-c4cccc5sc6c(ccc7c(-c8ccccc8)nc8ccccc8c76)c45)n3)cc2)cc1. The molecule has 10 rings (SSSR count). The first-order valence-corrected chi connectivity index (χ1v) is 17.8. The summed E-state index contributed by atoms with van der Waals surface area (Å²) < 4.78 is 2.42. The van der Waals surface area contributed by atoms with E-state index in [0.29, 0.717) is 17.5 Å². The molecule has 3 heterocycles. The lowest BCUT2D eigenvalue weighted by Gasteiger charge is -2.12. The Bertz CT molecular complexity index is 2890. The molecule has 0 saturated heterocycles. The Hall–Kier alpha value is -6.56. The minimum atomic E-state index is 0.644. The molecule has 0 aliphatic heterocycles. The number of benzene rings is 7. The van der Waals surface area contributed by atoms with E-state index in [0.717, 1.165) is 55.2 Å². The molecule has 0 unspecified atom stereocenters. The van der Waals surface area contributed by atoms with Crippen LogP contribution in [-0.2, 0) is 0 Å². The van der Waals surface area contributed by atoms with Crippen molar-refractivity contribution in [1.82, 2.24) is 19.9 Å². The number of fused-ring (bicyclic) bond motifs is 7. The van der Waals surface area contributed by atoms with Gasteiger partial charge in [0.2, 0.25) is 0 Å². The molecular weight excluding hydrogens is 641 g/mol. The van der Waals surface area contributed by atoms with Crippen LogP contribution in [0.1, 0.15) is 0 Å². The van der Waals surface area contributed by atoms with E-state index < -0.39 is 0 Å². The van der Waals surface area contributed by atoms with Gasteiger partial charge in [0.05, 0.1) is 11.2 Å². The molecule has 5 heteroatoms. The van der Waals surface area contributed by atoms with E-state index >= 15 is 0 Å². The van der Waals surface area contributed by atoms with Gasteiger partial charge in [0, 0.05) is 58.6 Å². The maximum atomic E-state index is 5.18. The third kappa shape index (κ3) is 5.06. The van der Waals surface area contributed by atoms with Crippen LogP contribution in [0.3, 0.4) is 0 Å². The molecule has 51 heavy (non-hydrogen) atoms. The molecule has 0 N–H and O–H groups in total. The third-order valence-corrected chi connectivity index (χ3v) is 10.7. The number of pyridine rings is 1. The second-order valence-electron chi connectivity index (χ2n) is 12.6. The van der Waals surface area contributed by atoms with E-state index in [2.05, 4.69) is 140 Å². The summed E-state index contributed by atoms with van der Waals surface area (Å²) in [6.07, 6.45) is 0. The summed E-state index contributed by atoms with van der Waals surface area (Å²) in [5, 5.41) is 5.86. The first-order chi connectivity index (χ1) is 25.3. The second-order valence-corrected chi connectivity index (χ2v) is 13.7. The van der Waals surface area contributed by atoms with Crippen LogP contribution in [0.4, 0.5) is 0 Å². The van der Waals surface area contributed by atoms with Gasteiger partial charge in [-0.3, -0.25) is 0 Å². The molecule has 0 spiro atoms. The van der Waals surface area contributed by atoms with Crippen molar-refractivity contribution in [2.45, 2.75) is 0 Å². The molecule has 0 fully saturated rings. The van der Waals surface area contributed by atoms with Crippen LogP contribution in [0.15, 0.2) is 170 Å². The normalized spacial score (nSPS) is 11.5. The first kappa shape index (κ1) is 29.4. The fourth-order valence-electron chi connectivity index (χ4n) is 7.10. The zero-order valence-corrected chi connectivity index (χ0v) is 28.2. The Balaban J connectivity index is 1.21. The highest BCUT2D eigenvalue weighted by Crippen LogP contribution is 2.45. The van der Waals surface area contributed by atoms with Crippen LogP contribution in [0.2, 0.25) is 0 Å². The summed E-state index contributed by atoms with van der Waals surface area (Å²) in [6, 6.07) is 59.0. The van der Waals surface area contributed by atoms with E-state index in [1.807, 2.05) is 41.7 Å². The van der Waals surface area contributed by atoms with Crippen molar-refractivity contribution in [2.24, 2.45) is 0 Å². The maximum absolute atomic E-state index is 5.18. The summed E-state index contributed by atoms with van der Waals surface area (Å²) in [4.78, 5) is 20.5. The van der Waals surface area contributed by atoms with Gasteiger partial charge >= 0.3 is 0 Å². The molecule has 238 valence electrons. The number of hydrogen-bond acceptors (Lipinski definition) is 5. The van der Waals surface area contributed by atoms with E-state index in [4.69, 9.17) is 19.9 Å². The van der Waals surface area contributed by atoms with Crippen LogP contribution in [-0.4, -0.2) is 19.9 Å². The Kier molecular flexibility index (Phi) is 6.96. The molecule has 4 nitrogen and oxygen atoms in total. The molecule has 0 atom stereocenters. The number of rotatable bonds is 5. The summed E-state index contributed by atoms with van der Waals surface area (Å²) in [6.45, 7) is 0. The van der Waals surface area contributed by atoms with Crippen molar-refractivity contribution >= 4 is 53.2 Å². The average Bonchev–Trinajstić information content (AvgIpc) is 3.61. The zero-order chi connectivity index (χ0) is 33.7. The van der Waals surface area contributed by atoms with Gasteiger partial charge in [0.1, 0.15) is 0 Å². The average molecular weight is 669 g/mol. The number of nitrogens with zero attached hydrogens (tertiary/aromatic N) is 4. The predicted octanol–water partition coefficient (Wildman–Crippen LogP) is 12.3. The lowest BCUT2D eigenvalue weighted by atomic mass is 9.97. The van der Waals surface area contributed by atoms with Gasteiger partial charge in [0.25, 0.3) is 0 Å². The highest BCUT2D eigenvalue weighted by Gasteiger charge is 2.20. The Morgan fingerprint density at radius 1 is 0.333 bits per heavy atom. The zero-order valence-electron chi connectivity index (χ0n) is 27.4. The molecule has 0 aliphatic rings. The van der Waals surface area contributed by atoms with E-state index in [1.165, 1.54) is 25.7 Å². The molecule has 0 saturated carbocycles. The summed E-state index contributed by atoms with van der Waals surface area (Å²) in [5.74, 6) is 1.94.